The average Bonchev–Trinajstić information content (AvgIpc) is 2.63. The number of hydrogen-bond donors (Lipinski definition) is 0. The van der Waals surface area contributed by atoms with Gasteiger partial charge in [0.25, 0.3) is 10.2 Å². The van der Waals surface area contributed by atoms with Crippen LogP contribution in [0.1, 0.15) is 19.4 Å². The van der Waals surface area contributed by atoms with Crippen LogP contribution in [-0.4, -0.2) is 86.6 Å². The van der Waals surface area contributed by atoms with E-state index in [4.69, 9.17) is 9.47 Å². The first-order valence-corrected chi connectivity index (χ1v) is 11.1. The topological polar surface area (TPSA) is 62.3 Å². The quantitative estimate of drug-likeness (QED) is 0.725. The first kappa shape index (κ1) is 20.5. The summed E-state index contributed by atoms with van der Waals surface area (Å²) in [6.45, 7) is 10.7. The summed E-state index contributed by atoms with van der Waals surface area (Å²) in [5.74, 6) is 0.873. The summed E-state index contributed by atoms with van der Waals surface area (Å²) in [6.07, 6.45) is -0.132. The number of ether oxygens (including phenoxy) is 2. The zero-order valence-electron chi connectivity index (χ0n) is 16.5. The van der Waals surface area contributed by atoms with Gasteiger partial charge in [-0.2, -0.15) is 17.0 Å². The van der Waals surface area contributed by atoms with Crippen molar-refractivity contribution in [3.8, 4) is 5.75 Å². The van der Waals surface area contributed by atoms with Crippen molar-refractivity contribution in [1.82, 2.24) is 13.5 Å². The molecule has 2 fully saturated rings. The number of benzene rings is 1. The first-order chi connectivity index (χ1) is 12.8. The van der Waals surface area contributed by atoms with Crippen LogP contribution >= 0.6 is 0 Å². The highest BCUT2D eigenvalue weighted by molar-refractivity contribution is 7.86. The van der Waals surface area contributed by atoms with E-state index in [0.717, 1.165) is 25.4 Å². The van der Waals surface area contributed by atoms with Gasteiger partial charge in [0.05, 0.1) is 12.2 Å². The molecule has 0 N–H and O–H groups in total. The number of piperazine rings is 1. The van der Waals surface area contributed by atoms with Crippen LogP contribution in [0.3, 0.4) is 0 Å². The Bertz CT molecular complexity index is 692. The van der Waals surface area contributed by atoms with E-state index in [-0.39, 0.29) is 12.2 Å². The van der Waals surface area contributed by atoms with E-state index in [1.807, 2.05) is 38.1 Å². The molecular weight excluding hydrogens is 366 g/mol. The molecule has 0 spiro atoms. The average molecular weight is 398 g/mol. The van der Waals surface area contributed by atoms with Crippen molar-refractivity contribution in [2.45, 2.75) is 33.0 Å². The van der Waals surface area contributed by atoms with Gasteiger partial charge < -0.3 is 9.47 Å². The van der Waals surface area contributed by atoms with E-state index in [2.05, 4.69) is 11.8 Å². The van der Waals surface area contributed by atoms with Crippen LogP contribution in [0, 0.1) is 6.92 Å². The molecule has 2 aliphatic rings. The lowest BCUT2D eigenvalue weighted by Crippen LogP contribution is -2.57. The number of aryl methyl sites for hydroxylation is 1. The molecule has 0 aromatic heterocycles. The second-order valence-corrected chi connectivity index (χ2v) is 9.41. The van der Waals surface area contributed by atoms with E-state index in [0.29, 0.717) is 32.8 Å². The highest BCUT2D eigenvalue weighted by atomic mass is 32.2. The lowest BCUT2D eigenvalue weighted by Gasteiger charge is -2.40. The fourth-order valence-corrected chi connectivity index (χ4v) is 5.34. The molecule has 0 unspecified atom stereocenters. The number of morpholine rings is 1. The monoisotopic (exact) mass is 397 g/mol. The highest BCUT2D eigenvalue weighted by Crippen LogP contribution is 2.19. The molecule has 2 aliphatic heterocycles. The minimum atomic E-state index is -3.41. The summed E-state index contributed by atoms with van der Waals surface area (Å²) in [5.41, 5.74) is 1.21. The molecule has 0 amide bonds. The maximum atomic E-state index is 12.9. The summed E-state index contributed by atoms with van der Waals surface area (Å²) >= 11 is 0. The Kier molecular flexibility index (Phi) is 6.75. The van der Waals surface area contributed by atoms with Gasteiger partial charge >= 0.3 is 0 Å². The largest absolute Gasteiger partial charge is 0.492 e. The van der Waals surface area contributed by atoms with Crippen LogP contribution in [-0.2, 0) is 14.9 Å². The normalized spacial score (nSPS) is 26.2. The fraction of sp³-hybridized carbons (Fsp3) is 0.684. The van der Waals surface area contributed by atoms with Crippen molar-refractivity contribution in [1.29, 1.82) is 0 Å². The smallest absolute Gasteiger partial charge is 0.282 e. The molecule has 0 aliphatic carbocycles. The predicted octanol–water partition coefficient (Wildman–Crippen LogP) is 1.35. The van der Waals surface area contributed by atoms with E-state index in [1.54, 1.807) is 8.61 Å². The molecule has 2 heterocycles. The van der Waals surface area contributed by atoms with Crippen molar-refractivity contribution >= 4 is 10.2 Å². The number of nitrogens with zero attached hydrogens (tertiary/aromatic N) is 3. The third kappa shape index (κ3) is 5.42. The molecule has 27 heavy (non-hydrogen) atoms. The first-order valence-electron chi connectivity index (χ1n) is 9.67. The molecule has 8 heteroatoms. The van der Waals surface area contributed by atoms with Crippen LogP contribution in [0.5, 0.6) is 5.75 Å². The maximum Gasteiger partial charge on any atom is 0.282 e. The van der Waals surface area contributed by atoms with Crippen LogP contribution in [0.15, 0.2) is 24.3 Å². The van der Waals surface area contributed by atoms with Crippen molar-refractivity contribution in [2.75, 3.05) is 52.4 Å². The molecule has 0 bridgehead atoms. The predicted molar refractivity (Wildman–Crippen MR) is 105 cm³/mol. The summed E-state index contributed by atoms with van der Waals surface area (Å²) in [5, 5.41) is 0. The van der Waals surface area contributed by atoms with Crippen LogP contribution in [0.4, 0.5) is 0 Å². The van der Waals surface area contributed by atoms with Crippen molar-refractivity contribution in [3.05, 3.63) is 29.8 Å². The number of hydrogen-bond acceptors (Lipinski definition) is 5. The van der Waals surface area contributed by atoms with Gasteiger partial charge in [0.2, 0.25) is 0 Å². The lowest BCUT2D eigenvalue weighted by molar-refractivity contribution is -0.0457. The Labute approximate surface area is 163 Å². The molecule has 0 saturated carbocycles. The molecule has 2 saturated heterocycles. The number of rotatable bonds is 6. The standard InChI is InChI=1S/C19H31N3O4S/c1-16-4-6-19(7-5-16)25-13-12-20-8-10-21(11-9-20)27(23,24)22-14-17(2)26-18(3)15-22/h4-7,17-18H,8-15H2,1-3H3/t17-,18-/m0/s1. The van der Waals surface area contributed by atoms with E-state index < -0.39 is 10.2 Å². The lowest BCUT2D eigenvalue weighted by atomic mass is 10.2. The highest BCUT2D eigenvalue weighted by Gasteiger charge is 2.36. The third-order valence-electron chi connectivity index (χ3n) is 5.07. The Morgan fingerprint density at radius 2 is 1.59 bits per heavy atom. The van der Waals surface area contributed by atoms with Crippen LogP contribution < -0.4 is 4.74 Å². The zero-order valence-corrected chi connectivity index (χ0v) is 17.3. The Morgan fingerprint density at radius 3 is 2.19 bits per heavy atom. The molecule has 1 aromatic rings. The second-order valence-electron chi connectivity index (χ2n) is 7.48. The van der Waals surface area contributed by atoms with Crippen molar-refractivity contribution in [3.63, 3.8) is 0 Å². The SMILES string of the molecule is Cc1ccc(OCCN2CCN(S(=O)(=O)N3C[C@H](C)O[C@@H](C)C3)CC2)cc1. The summed E-state index contributed by atoms with van der Waals surface area (Å²) in [6, 6.07) is 8.02. The molecular formula is C19H31N3O4S. The van der Waals surface area contributed by atoms with Crippen LogP contribution in [0.25, 0.3) is 0 Å². The second kappa shape index (κ2) is 8.87. The molecule has 2 atom stereocenters. The van der Waals surface area contributed by atoms with Crippen molar-refractivity contribution < 1.29 is 17.9 Å². The van der Waals surface area contributed by atoms with Crippen LogP contribution in [0.2, 0.25) is 0 Å². The molecule has 152 valence electrons. The van der Waals surface area contributed by atoms with E-state index in [1.165, 1.54) is 5.56 Å². The van der Waals surface area contributed by atoms with Gasteiger partial charge in [-0.25, -0.2) is 0 Å². The van der Waals surface area contributed by atoms with Gasteiger partial charge in [0.1, 0.15) is 12.4 Å². The molecule has 0 radical (unpaired) electrons. The summed E-state index contributed by atoms with van der Waals surface area (Å²) < 4.78 is 40.5. The summed E-state index contributed by atoms with van der Waals surface area (Å²) in [7, 11) is -3.41. The Hall–Kier alpha value is -1.19. The third-order valence-corrected chi connectivity index (χ3v) is 7.04. The zero-order chi connectivity index (χ0) is 19.4. The van der Waals surface area contributed by atoms with Crippen molar-refractivity contribution in [2.24, 2.45) is 0 Å². The minimum absolute atomic E-state index is 0.0660. The van der Waals surface area contributed by atoms with Gasteiger partial charge in [-0.1, -0.05) is 17.7 Å². The van der Waals surface area contributed by atoms with Gasteiger partial charge in [-0.15, -0.1) is 0 Å². The molecule has 3 rings (SSSR count). The molecule has 1 aromatic carbocycles. The van der Waals surface area contributed by atoms with E-state index >= 15 is 0 Å². The Morgan fingerprint density at radius 1 is 1.00 bits per heavy atom. The fourth-order valence-electron chi connectivity index (χ4n) is 3.59. The van der Waals surface area contributed by atoms with Gasteiger partial charge in [-0.3, -0.25) is 4.90 Å². The van der Waals surface area contributed by atoms with E-state index in [9.17, 15) is 8.42 Å². The van der Waals surface area contributed by atoms with Gasteiger partial charge in [-0.05, 0) is 32.9 Å². The van der Waals surface area contributed by atoms with Gasteiger partial charge in [0.15, 0.2) is 0 Å². The van der Waals surface area contributed by atoms with Gasteiger partial charge in [0, 0.05) is 45.8 Å². The maximum absolute atomic E-state index is 12.9. The Balaban J connectivity index is 1.44. The molecule has 7 nitrogen and oxygen atoms in total. The summed E-state index contributed by atoms with van der Waals surface area (Å²) in [4.78, 5) is 2.25. The minimum Gasteiger partial charge on any atom is -0.492 e.